The predicted octanol–water partition coefficient (Wildman–Crippen LogP) is 4.72. The van der Waals surface area contributed by atoms with Crippen LogP contribution in [0.5, 0.6) is 5.88 Å². The maximum absolute atomic E-state index is 13.6. The molecule has 0 spiro atoms. The first-order valence-electron chi connectivity index (χ1n) is 8.13. The second-order valence-corrected chi connectivity index (χ2v) is 5.75. The molecule has 0 amide bonds. The number of para-hydroxylation sites is 1. The van der Waals surface area contributed by atoms with E-state index in [4.69, 9.17) is 4.74 Å². The number of hydrogen-bond donors (Lipinski definition) is 1. The van der Waals surface area contributed by atoms with Crippen molar-refractivity contribution in [2.75, 3.05) is 12.4 Å². The minimum atomic E-state index is -0.933. The van der Waals surface area contributed by atoms with Gasteiger partial charge in [-0.1, -0.05) is 12.1 Å². The summed E-state index contributed by atoms with van der Waals surface area (Å²) >= 11 is 0. The minimum Gasteiger partial charge on any atom is -0.481 e. The lowest BCUT2D eigenvalue weighted by Gasteiger charge is -2.11. The average molecular weight is 364 g/mol. The molecule has 0 unspecified atom stereocenters. The van der Waals surface area contributed by atoms with Crippen LogP contribution in [0.15, 0.2) is 60.8 Å². The van der Waals surface area contributed by atoms with E-state index in [1.165, 1.54) is 13.2 Å². The molecule has 0 aliphatic heterocycles. The van der Waals surface area contributed by atoms with Gasteiger partial charge in [-0.3, -0.25) is 0 Å². The van der Waals surface area contributed by atoms with Gasteiger partial charge in [0, 0.05) is 35.0 Å². The van der Waals surface area contributed by atoms with Gasteiger partial charge in [0.25, 0.3) is 0 Å². The second kappa shape index (κ2) is 6.95. The molecule has 0 atom stereocenters. The quantitative estimate of drug-likeness (QED) is 0.568. The van der Waals surface area contributed by atoms with Crippen molar-refractivity contribution in [1.29, 1.82) is 0 Å². The number of methoxy groups -OCH3 is 1. The van der Waals surface area contributed by atoms with Crippen molar-refractivity contribution < 1.29 is 13.5 Å². The van der Waals surface area contributed by atoms with E-state index in [0.717, 1.165) is 23.1 Å². The van der Waals surface area contributed by atoms with Crippen LogP contribution < -0.4 is 10.1 Å². The van der Waals surface area contributed by atoms with Gasteiger partial charge in [-0.15, -0.1) is 0 Å². The number of ether oxygens (including phenoxy) is 1. The molecule has 0 saturated carbocycles. The fraction of sp³-hybridized carbons (Fsp3) is 0.0500. The molecule has 4 rings (SSSR count). The van der Waals surface area contributed by atoms with Crippen LogP contribution in [0, 0.1) is 11.6 Å². The summed E-state index contributed by atoms with van der Waals surface area (Å²) in [5.41, 5.74) is 1.82. The molecule has 7 heteroatoms. The van der Waals surface area contributed by atoms with E-state index in [1.54, 1.807) is 18.3 Å². The largest absolute Gasteiger partial charge is 0.481 e. The monoisotopic (exact) mass is 364 g/mol. The van der Waals surface area contributed by atoms with Crippen molar-refractivity contribution in [2.24, 2.45) is 0 Å². The SMILES string of the molecule is COc1cc(-c2nc(Nc3ccc(F)c(F)c3)c3ccccc3n2)ccn1. The van der Waals surface area contributed by atoms with E-state index in [-0.39, 0.29) is 0 Å². The van der Waals surface area contributed by atoms with Gasteiger partial charge in [0.05, 0.1) is 12.6 Å². The number of anilines is 2. The Balaban J connectivity index is 1.84. The highest BCUT2D eigenvalue weighted by molar-refractivity contribution is 5.92. The van der Waals surface area contributed by atoms with Gasteiger partial charge in [-0.2, -0.15) is 0 Å². The lowest BCUT2D eigenvalue weighted by atomic mass is 10.2. The van der Waals surface area contributed by atoms with Crippen molar-refractivity contribution in [2.45, 2.75) is 0 Å². The second-order valence-electron chi connectivity index (χ2n) is 5.75. The smallest absolute Gasteiger partial charge is 0.213 e. The van der Waals surface area contributed by atoms with Gasteiger partial charge in [-0.05, 0) is 30.3 Å². The van der Waals surface area contributed by atoms with Crippen LogP contribution >= 0.6 is 0 Å². The Hall–Kier alpha value is -3.61. The molecule has 0 aliphatic carbocycles. The first-order chi connectivity index (χ1) is 13.1. The van der Waals surface area contributed by atoms with Gasteiger partial charge >= 0.3 is 0 Å². The number of halogens is 2. The van der Waals surface area contributed by atoms with Crippen molar-refractivity contribution in [3.05, 3.63) is 72.4 Å². The summed E-state index contributed by atoms with van der Waals surface area (Å²) in [6, 6.07) is 14.5. The van der Waals surface area contributed by atoms with Crippen molar-refractivity contribution in [1.82, 2.24) is 15.0 Å². The molecule has 4 aromatic rings. The first-order valence-corrected chi connectivity index (χ1v) is 8.13. The lowest BCUT2D eigenvalue weighted by molar-refractivity contribution is 0.398. The van der Waals surface area contributed by atoms with E-state index in [2.05, 4.69) is 20.3 Å². The number of rotatable bonds is 4. The van der Waals surface area contributed by atoms with Crippen LogP contribution in [0.1, 0.15) is 0 Å². The van der Waals surface area contributed by atoms with Gasteiger partial charge in [0.15, 0.2) is 17.5 Å². The highest BCUT2D eigenvalue weighted by Gasteiger charge is 2.11. The van der Waals surface area contributed by atoms with Crippen LogP contribution in [0.4, 0.5) is 20.3 Å². The fourth-order valence-corrected chi connectivity index (χ4v) is 2.67. The molecule has 1 N–H and O–H groups in total. The Morgan fingerprint density at radius 2 is 1.78 bits per heavy atom. The fourth-order valence-electron chi connectivity index (χ4n) is 2.67. The summed E-state index contributed by atoms with van der Waals surface area (Å²) in [6.45, 7) is 0. The molecule has 27 heavy (non-hydrogen) atoms. The Morgan fingerprint density at radius 1 is 0.926 bits per heavy atom. The molecule has 0 aliphatic rings. The number of aromatic nitrogens is 3. The van der Waals surface area contributed by atoms with Crippen LogP contribution in [-0.4, -0.2) is 22.1 Å². The van der Waals surface area contributed by atoms with E-state index in [9.17, 15) is 8.78 Å². The molecule has 2 aromatic carbocycles. The Bertz CT molecular complexity index is 1130. The maximum Gasteiger partial charge on any atom is 0.213 e. The third-order valence-corrected chi connectivity index (χ3v) is 3.99. The van der Waals surface area contributed by atoms with Crippen molar-refractivity contribution in [3.8, 4) is 17.3 Å². The molecule has 0 bridgehead atoms. The van der Waals surface area contributed by atoms with E-state index in [0.29, 0.717) is 28.7 Å². The van der Waals surface area contributed by atoms with E-state index < -0.39 is 11.6 Å². The summed E-state index contributed by atoms with van der Waals surface area (Å²) in [6.07, 6.45) is 1.61. The molecular weight excluding hydrogens is 350 g/mol. The van der Waals surface area contributed by atoms with Crippen LogP contribution in [0.3, 0.4) is 0 Å². The van der Waals surface area contributed by atoms with Gasteiger partial charge in [0.2, 0.25) is 5.88 Å². The Labute approximate surface area is 153 Å². The number of benzene rings is 2. The van der Waals surface area contributed by atoms with Crippen LogP contribution in [0.25, 0.3) is 22.3 Å². The highest BCUT2D eigenvalue weighted by atomic mass is 19.2. The highest BCUT2D eigenvalue weighted by Crippen LogP contribution is 2.28. The zero-order valence-corrected chi connectivity index (χ0v) is 14.3. The number of hydrogen-bond acceptors (Lipinski definition) is 5. The average Bonchev–Trinajstić information content (AvgIpc) is 2.70. The minimum absolute atomic E-state index is 0.385. The van der Waals surface area contributed by atoms with Gasteiger partial charge in [-0.25, -0.2) is 23.7 Å². The zero-order valence-electron chi connectivity index (χ0n) is 14.3. The standard InChI is InChI=1S/C20H14F2N4O/c1-27-18-10-12(8-9-23-18)19-25-17-5-3-2-4-14(17)20(26-19)24-13-6-7-15(21)16(22)11-13/h2-11H,1H3,(H,24,25,26). The maximum atomic E-state index is 13.6. The molecule has 0 fully saturated rings. The lowest BCUT2D eigenvalue weighted by Crippen LogP contribution is -2.00. The number of nitrogens with one attached hydrogen (secondary N) is 1. The van der Waals surface area contributed by atoms with Crippen molar-refractivity contribution >= 4 is 22.4 Å². The summed E-state index contributed by atoms with van der Waals surface area (Å²) in [7, 11) is 1.53. The van der Waals surface area contributed by atoms with Crippen LogP contribution in [0.2, 0.25) is 0 Å². The molecular formula is C20H14F2N4O. The molecule has 2 aromatic heterocycles. The summed E-state index contributed by atoms with van der Waals surface area (Å²) in [5, 5.41) is 3.81. The molecule has 0 saturated heterocycles. The zero-order chi connectivity index (χ0) is 18.8. The van der Waals surface area contributed by atoms with Crippen LogP contribution in [-0.2, 0) is 0 Å². The predicted molar refractivity (Wildman–Crippen MR) is 99.0 cm³/mol. The summed E-state index contributed by atoms with van der Waals surface area (Å²) in [4.78, 5) is 13.2. The van der Waals surface area contributed by atoms with E-state index >= 15 is 0 Å². The molecule has 5 nitrogen and oxygen atoms in total. The topological polar surface area (TPSA) is 59.9 Å². The molecule has 0 radical (unpaired) electrons. The van der Waals surface area contributed by atoms with Crippen molar-refractivity contribution in [3.63, 3.8) is 0 Å². The third kappa shape index (κ3) is 3.39. The van der Waals surface area contributed by atoms with Gasteiger partial charge < -0.3 is 10.1 Å². The van der Waals surface area contributed by atoms with Gasteiger partial charge in [0.1, 0.15) is 5.82 Å². The summed E-state index contributed by atoms with van der Waals surface area (Å²) in [5.74, 6) is -0.452. The first kappa shape index (κ1) is 16.8. The van der Waals surface area contributed by atoms with E-state index in [1.807, 2.05) is 24.3 Å². The normalized spacial score (nSPS) is 10.8. The third-order valence-electron chi connectivity index (χ3n) is 3.99. The molecule has 134 valence electrons. The summed E-state index contributed by atoms with van der Waals surface area (Å²) < 4.78 is 31.9. The number of fused-ring (bicyclic) bond motifs is 1. The molecule has 2 heterocycles. The Kier molecular flexibility index (Phi) is 4.33. The Morgan fingerprint density at radius 3 is 2.59 bits per heavy atom. The number of pyridine rings is 1. The number of nitrogens with zero attached hydrogens (tertiary/aromatic N) is 3.